The maximum atomic E-state index is 11.5. The molecule has 0 radical (unpaired) electrons. The van der Waals surface area contributed by atoms with Crippen LogP contribution in [0.3, 0.4) is 0 Å². The second-order valence-corrected chi connectivity index (χ2v) is 8.93. The van der Waals surface area contributed by atoms with Gasteiger partial charge in [-0.05, 0) is 77.4 Å². The minimum atomic E-state index is -1.44. The van der Waals surface area contributed by atoms with Crippen molar-refractivity contribution in [2.24, 2.45) is 5.92 Å². The number of rotatable bonds is 12. The number of ether oxygens (including phenoxy) is 2. The quantitative estimate of drug-likeness (QED) is 0.345. The summed E-state index contributed by atoms with van der Waals surface area (Å²) in [7, 11) is 0. The van der Waals surface area contributed by atoms with E-state index >= 15 is 0 Å². The van der Waals surface area contributed by atoms with Gasteiger partial charge in [-0.2, -0.15) is 0 Å². The summed E-state index contributed by atoms with van der Waals surface area (Å²) in [6.45, 7) is 7.97. The standard InChI is InChI=1S/C25H36O6/c1-17(10-6-12-19(3)15-25(29)16-20(4)23(27)31-25)8-5-9-18(2)11-7-13-21-14-22(26)30-24(21)28/h8,11,14,16,19,22,26,29H,5-7,9-10,12-13,15H2,1-4H3. The van der Waals surface area contributed by atoms with Gasteiger partial charge in [0.05, 0.1) is 0 Å². The van der Waals surface area contributed by atoms with Gasteiger partial charge in [0.1, 0.15) is 0 Å². The van der Waals surface area contributed by atoms with Crippen LogP contribution in [0.15, 0.2) is 46.6 Å². The van der Waals surface area contributed by atoms with Crippen molar-refractivity contribution in [3.8, 4) is 0 Å². The number of hydrogen-bond donors (Lipinski definition) is 2. The number of allylic oxidation sites excluding steroid dienone is 4. The van der Waals surface area contributed by atoms with Gasteiger partial charge in [0.2, 0.25) is 12.1 Å². The van der Waals surface area contributed by atoms with E-state index in [1.807, 2.05) is 0 Å². The molecule has 6 heteroatoms. The second kappa shape index (κ2) is 11.4. The fourth-order valence-electron chi connectivity index (χ4n) is 3.97. The van der Waals surface area contributed by atoms with E-state index in [0.717, 1.165) is 38.5 Å². The fraction of sp³-hybridized carbons (Fsp3) is 0.600. The predicted octanol–water partition coefficient (Wildman–Crippen LogP) is 4.63. The van der Waals surface area contributed by atoms with Crippen LogP contribution < -0.4 is 0 Å². The molecule has 0 fully saturated rings. The van der Waals surface area contributed by atoms with Crippen LogP contribution in [0.25, 0.3) is 0 Å². The Morgan fingerprint density at radius 2 is 1.84 bits per heavy atom. The Bertz CT molecular complexity index is 788. The van der Waals surface area contributed by atoms with Crippen LogP contribution in [0.4, 0.5) is 0 Å². The molecular formula is C25H36O6. The van der Waals surface area contributed by atoms with Crippen molar-refractivity contribution in [2.45, 2.75) is 91.1 Å². The van der Waals surface area contributed by atoms with Crippen LogP contribution in [0, 0.1) is 5.92 Å². The second-order valence-electron chi connectivity index (χ2n) is 8.93. The van der Waals surface area contributed by atoms with E-state index in [4.69, 9.17) is 4.74 Å². The average Bonchev–Trinajstić information content (AvgIpc) is 3.11. The third kappa shape index (κ3) is 8.46. The molecule has 2 heterocycles. The van der Waals surface area contributed by atoms with Crippen LogP contribution in [-0.2, 0) is 19.1 Å². The van der Waals surface area contributed by atoms with Crippen molar-refractivity contribution in [1.29, 1.82) is 0 Å². The number of esters is 2. The van der Waals surface area contributed by atoms with Gasteiger partial charge >= 0.3 is 11.9 Å². The lowest BCUT2D eigenvalue weighted by Crippen LogP contribution is -2.30. The molecule has 0 bridgehead atoms. The molecule has 6 nitrogen and oxygen atoms in total. The van der Waals surface area contributed by atoms with Gasteiger partial charge in [-0.15, -0.1) is 0 Å². The number of hydrogen-bond acceptors (Lipinski definition) is 6. The summed E-state index contributed by atoms with van der Waals surface area (Å²) in [4.78, 5) is 22.9. The fourth-order valence-corrected chi connectivity index (χ4v) is 3.97. The molecule has 3 atom stereocenters. The highest BCUT2D eigenvalue weighted by molar-refractivity contribution is 5.91. The smallest absolute Gasteiger partial charge is 0.336 e. The zero-order valence-electron chi connectivity index (χ0n) is 19.1. The number of aliphatic hydroxyl groups is 2. The van der Waals surface area contributed by atoms with Crippen molar-refractivity contribution >= 4 is 11.9 Å². The maximum Gasteiger partial charge on any atom is 0.336 e. The number of aliphatic hydroxyl groups excluding tert-OH is 1. The largest absolute Gasteiger partial charge is 0.429 e. The van der Waals surface area contributed by atoms with Crippen molar-refractivity contribution in [3.05, 3.63) is 46.6 Å². The van der Waals surface area contributed by atoms with E-state index in [9.17, 15) is 19.8 Å². The number of carbonyl (C=O) groups excluding carboxylic acids is 2. The van der Waals surface area contributed by atoms with E-state index in [2.05, 4.69) is 37.7 Å². The topological polar surface area (TPSA) is 93.1 Å². The molecule has 0 spiro atoms. The van der Waals surface area contributed by atoms with E-state index in [-0.39, 0.29) is 5.92 Å². The molecule has 3 unspecified atom stereocenters. The molecule has 0 amide bonds. The van der Waals surface area contributed by atoms with E-state index in [0.29, 0.717) is 24.0 Å². The van der Waals surface area contributed by atoms with Crippen molar-refractivity contribution in [3.63, 3.8) is 0 Å². The molecule has 0 aromatic carbocycles. The van der Waals surface area contributed by atoms with E-state index in [1.165, 1.54) is 23.3 Å². The zero-order chi connectivity index (χ0) is 23.0. The van der Waals surface area contributed by atoms with Crippen molar-refractivity contribution in [1.82, 2.24) is 0 Å². The van der Waals surface area contributed by atoms with Crippen LogP contribution in [-0.4, -0.2) is 34.2 Å². The van der Waals surface area contributed by atoms with Crippen molar-refractivity contribution in [2.75, 3.05) is 0 Å². The molecule has 31 heavy (non-hydrogen) atoms. The summed E-state index contributed by atoms with van der Waals surface area (Å²) < 4.78 is 9.75. The maximum absolute atomic E-state index is 11.5. The van der Waals surface area contributed by atoms with Crippen LogP contribution in [0.1, 0.15) is 79.1 Å². The molecule has 2 aliphatic heterocycles. The lowest BCUT2D eigenvalue weighted by atomic mass is 9.94. The molecule has 2 aliphatic rings. The molecule has 172 valence electrons. The Morgan fingerprint density at radius 1 is 1.16 bits per heavy atom. The number of cyclic esters (lactones) is 2. The van der Waals surface area contributed by atoms with Gasteiger partial charge < -0.3 is 19.7 Å². The van der Waals surface area contributed by atoms with E-state index in [1.54, 1.807) is 6.92 Å². The summed E-state index contributed by atoms with van der Waals surface area (Å²) in [6, 6.07) is 0. The minimum absolute atomic E-state index is 0.256. The summed E-state index contributed by atoms with van der Waals surface area (Å²) in [6.07, 6.45) is 13.0. The molecule has 2 N–H and O–H groups in total. The molecule has 0 saturated carbocycles. The van der Waals surface area contributed by atoms with Crippen LogP contribution in [0.2, 0.25) is 0 Å². The molecular weight excluding hydrogens is 396 g/mol. The normalized spacial score (nSPS) is 25.3. The van der Waals surface area contributed by atoms with Gasteiger partial charge in [-0.1, -0.05) is 36.6 Å². The van der Waals surface area contributed by atoms with Crippen molar-refractivity contribution < 1.29 is 29.3 Å². The highest BCUT2D eigenvalue weighted by atomic mass is 16.7. The highest BCUT2D eigenvalue weighted by Gasteiger charge is 2.37. The molecule has 2 rings (SSSR count). The summed E-state index contributed by atoms with van der Waals surface area (Å²) >= 11 is 0. The monoisotopic (exact) mass is 432 g/mol. The molecule has 0 aliphatic carbocycles. The third-order valence-electron chi connectivity index (χ3n) is 5.71. The minimum Gasteiger partial charge on any atom is -0.429 e. The molecule has 0 saturated heterocycles. The van der Waals surface area contributed by atoms with Gasteiger partial charge in [0.15, 0.2) is 0 Å². The first-order valence-electron chi connectivity index (χ1n) is 11.1. The van der Waals surface area contributed by atoms with Gasteiger partial charge in [0.25, 0.3) is 0 Å². The summed E-state index contributed by atoms with van der Waals surface area (Å²) in [5, 5.41) is 19.6. The number of carbonyl (C=O) groups is 2. The lowest BCUT2D eigenvalue weighted by molar-refractivity contribution is -0.183. The first-order valence-corrected chi connectivity index (χ1v) is 11.1. The van der Waals surface area contributed by atoms with E-state index < -0.39 is 24.0 Å². The van der Waals surface area contributed by atoms with Gasteiger partial charge in [-0.3, -0.25) is 0 Å². The molecule has 0 aromatic rings. The SMILES string of the molecule is CC(=CCCC1=CC(O)OC1=O)CCC=C(C)CCCC(C)CC1(O)C=C(C)C(=O)O1. The van der Waals surface area contributed by atoms with Gasteiger partial charge in [-0.25, -0.2) is 9.59 Å². The Hall–Kier alpha value is -2.18. The average molecular weight is 433 g/mol. The highest BCUT2D eigenvalue weighted by Crippen LogP contribution is 2.30. The molecule has 0 aromatic heterocycles. The Balaban J connectivity index is 1.61. The predicted molar refractivity (Wildman–Crippen MR) is 119 cm³/mol. The zero-order valence-corrected chi connectivity index (χ0v) is 19.1. The summed E-state index contributed by atoms with van der Waals surface area (Å²) in [5.74, 6) is -2.04. The summed E-state index contributed by atoms with van der Waals surface area (Å²) in [5.41, 5.74) is 3.66. The van der Waals surface area contributed by atoms with Crippen LogP contribution >= 0.6 is 0 Å². The Labute approximate surface area is 185 Å². The first kappa shape index (κ1) is 25.1. The Kier molecular flexibility index (Phi) is 9.26. The first-order chi connectivity index (χ1) is 14.6. The Morgan fingerprint density at radius 3 is 2.45 bits per heavy atom. The van der Waals surface area contributed by atoms with Crippen LogP contribution in [0.5, 0.6) is 0 Å². The van der Waals surface area contributed by atoms with Gasteiger partial charge in [0, 0.05) is 17.6 Å². The lowest BCUT2D eigenvalue weighted by Gasteiger charge is -2.23. The third-order valence-corrected chi connectivity index (χ3v) is 5.71.